The maximum atomic E-state index is 12.0. The van der Waals surface area contributed by atoms with E-state index >= 15 is 0 Å². The second-order valence-corrected chi connectivity index (χ2v) is 6.05. The summed E-state index contributed by atoms with van der Waals surface area (Å²) in [5, 5.41) is 5.40. The van der Waals surface area contributed by atoms with Gasteiger partial charge >= 0.3 is 0 Å². The molecule has 0 saturated heterocycles. The molecule has 25 heavy (non-hydrogen) atoms. The van der Waals surface area contributed by atoms with E-state index < -0.39 is 0 Å². The zero-order chi connectivity index (χ0) is 18.2. The van der Waals surface area contributed by atoms with Crippen molar-refractivity contribution in [1.82, 2.24) is 10.6 Å². The molecule has 0 fully saturated rings. The van der Waals surface area contributed by atoms with Crippen molar-refractivity contribution in [3.8, 4) is 5.75 Å². The van der Waals surface area contributed by atoms with E-state index in [9.17, 15) is 9.59 Å². The average molecular weight is 340 g/mol. The van der Waals surface area contributed by atoms with Crippen LogP contribution in [0.25, 0.3) is 0 Å². The molecule has 2 rings (SSSR count). The number of carbonyl (C=O) groups is 2. The van der Waals surface area contributed by atoms with Gasteiger partial charge in [0.2, 0.25) is 5.91 Å². The quantitative estimate of drug-likeness (QED) is 0.814. The van der Waals surface area contributed by atoms with Crippen molar-refractivity contribution in [3.05, 3.63) is 65.2 Å². The molecule has 0 aliphatic heterocycles. The van der Waals surface area contributed by atoms with Crippen LogP contribution < -0.4 is 15.4 Å². The normalized spacial score (nSPS) is 10.4. The highest BCUT2D eigenvalue weighted by Gasteiger charge is 2.10. The Kier molecular flexibility index (Phi) is 6.57. The van der Waals surface area contributed by atoms with E-state index in [0.717, 1.165) is 11.3 Å². The number of methoxy groups -OCH3 is 1. The summed E-state index contributed by atoms with van der Waals surface area (Å²) < 4.78 is 5.40. The Bertz CT molecular complexity index is 727. The van der Waals surface area contributed by atoms with Gasteiger partial charge in [-0.3, -0.25) is 9.59 Å². The Morgan fingerprint density at radius 3 is 2.40 bits per heavy atom. The van der Waals surface area contributed by atoms with Crippen molar-refractivity contribution in [3.63, 3.8) is 0 Å². The SMILES string of the molecule is COc1cc(C(C)C)ccc1CNC(=O)CNC(=O)c1ccccc1. The monoisotopic (exact) mass is 340 g/mol. The number of nitrogens with one attached hydrogen (secondary N) is 2. The number of hydrogen-bond donors (Lipinski definition) is 2. The van der Waals surface area contributed by atoms with Crippen molar-refractivity contribution in [2.75, 3.05) is 13.7 Å². The maximum absolute atomic E-state index is 12.0. The van der Waals surface area contributed by atoms with Crippen LogP contribution in [0.2, 0.25) is 0 Å². The van der Waals surface area contributed by atoms with Crippen LogP contribution in [0.1, 0.15) is 41.3 Å². The van der Waals surface area contributed by atoms with Crippen molar-refractivity contribution in [1.29, 1.82) is 0 Å². The van der Waals surface area contributed by atoms with Crippen molar-refractivity contribution >= 4 is 11.8 Å². The van der Waals surface area contributed by atoms with E-state index in [4.69, 9.17) is 4.74 Å². The number of benzene rings is 2. The Hall–Kier alpha value is -2.82. The summed E-state index contributed by atoms with van der Waals surface area (Å²) in [5.41, 5.74) is 2.61. The molecule has 132 valence electrons. The first-order valence-electron chi connectivity index (χ1n) is 8.28. The molecule has 0 aromatic heterocycles. The van der Waals surface area contributed by atoms with E-state index in [1.165, 1.54) is 5.56 Å². The van der Waals surface area contributed by atoms with E-state index in [-0.39, 0.29) is 18.4 Å². The molecular weight excluding hydrogens is 316 g/mol. The standard InChI is InChI=1S/C20H24N2O3/c1-14(2)16-9-10-17(18(11-16)25-3)12-21-19(23)13-22-20(24)15-7-5-4-6-8-15/h4-11,14H,12-13H2,1-3H3,(H,21,23)(H,22,24). The van der Waals surface area contributed by atoms with Crippen molar-refractivity contribution < 1.29 is 14.3 Å². The Morgan fingerprint density at radius 2 is 1.76 bits per heavy atom. The van der Waals surface area contributed by atoms with E-state index in [1.54, 1.807) is 31.4 Å². The van der Waals surface area contributed by atoms with Crippen LogP contribution >= 0.6 is 0 Å². The third kappa shape index (κ3) is 5.35. The molecule has 0 bridgehead atoms. The third-order valence-electron chi connectivity index (χ3n) is 3.90. The van der Waals surface area contributed by atoms with Gasteiger partial charge in [0.05, 0.1) is 13.7 Å². The zero-order valence-electron chi connectivity index (χ0n) is 14.8. The minimum Gasteiger partial charge on any atom is -0.496 e. The fourth-order valence-electron chi connectivity index (χ4n) is 2.37. The van der Waals surface area contributed by atoms with E-state index in [1.807, 2.05) is 24.3 Å². The lowest BCUT2D eigenvalue weighted by Gasteiger charge is -2.13. The summed E-state index contributed by atoms with van der Waals surface area (Å²) in [6.45, 7) is 4.51. The topological polar surface area (TPSA) is 67.4 Å². The predicted molar refractivity (Wildman–Crippen MR) is 97.7 cm³/mol. The number of rotatable bonds is 7. The van der Waals surface area contributed by atoms with Gasteiger partial charge in [0.25, 0.3) is 5.91 Å². The van der Waals surface area contributed by atoms with Gasteiger partial charge in [-0.1, -0.05) is 44.2 Å². The lowest BCUT2D eigenvalue weighted by atomic mass is 10.0. The van der Waals surface area contributed by atoms with Crippen LogP contribution in [0.4, 0.5) is 0 Å². The summed E-state index contributed by atoms with van der Waals surface area (Å²) in [7, 11) is 1.62. The first-order chi connectivity index (χ1) is 12.0. The van der Waals surface area contributed by atoms with Gasteiger partial charge in [0, 0.05) is 17.7 Å². The average Bonchev–Trinajstić information content (AvgIpc) is 2.64. The van der Waals surface area contributed by atoms with Gasteiger partial charge in [-0.2, -0.15) is 0 Å². The molecule has 2 amide bonds. The minimum atomic E-state index is -0.269. The zero-order valence-corrected chi connectivity index (χ0v) is 14.8. The van der Waals surface area contributed by atoms with Crippen LogP contribution in [0, 0.1) is 0 Å². The molecule has 0 aliphatic rings. The van der Waals surface area contributed by atoms with Crippen LogP contribution in [0.3, 0.4) is 0 Å². The largest absolute Gasteiger partial charge is 0.496 e. The number of carbonyl (C=O) groups excluding carboxylic acids is 2. The van der Waals surface area contributed by atoms with Crippen molar-refractivity contribution in [2.45, 2.75) is 26.3 Å². The molecule has 2 aromatic carbocycles. The lowest BCUT2D eigenvalue weighted by Crippen LogP contribution is -2.36. The van der Waals surface area contributed by atoms with Crippen LogP contribution in [-0.2, 0) is 11.3 Å². The Balaban J connectivity index is 1.86. The summed E-state index contributed by atoms with van der Waals surface area (Å²) in [6, 6.07) is 14.8. The van der Waals surface area contributed by atoms with Gasteiger partial charge in [-0.15, -0.1) is 0 Å². The number of hydrogen-bond acceptors (Lipinski definition) is 3. The van der Waals surface area contributed by atoms with Crippen LogP contribution in [-0.4, -0.2) is 25.5 Å². The first-order valence-corrected chi connectivity index (χ1v) is 8.28. The molecule has 2 aromatic rings. The summed E-state index contributed by atoms with van der Waals surface area (Å²) in [6.07, 6.45) is 0. The molecule has 0 spiro atoms. The second kappa shape index (κ2) is 8.87. The summed E-state index contributed by atoms with van der Waals surface area (Å²) in [5.74, 6) is 0.638. The predicted octanol–water partition coefficient (Wildman–Crippen LogP) is 2.86. The highest BCUT2D eigenvalue weighted by Crippen LogP contribution is 2.24. The highest BCUT2D eigenvalue weighted by atomic mass is 16.5. The Morgan fingerprint density at radius 1 is 1.04 bits per heavy atom. The molecule has 0 atom stereocenters. The van der Waals surface area contributed by atoms with Crippen LogP contribution in [0.5, 0.6) is 5.75 Å². The Labute approximate surface area is 148 Å². The fourth-order valence-corrected chi connectivity index (χ4v) is 2.37. The van der Waals surface area contributed by atoms with Crippen LogP contribution in [0.15, 0.2) is 48.5 Å². The van der Waals surface area contributed by atoms with Gasteiger partial charge in [0.15, 0.2) is 0 Å². The molecule has 0 heterocycles. The fraction of sp³-hybridized carbons (Fsp3) is 0.300. The highest BCUT2D eigenvalue weighted by molar-refractivity contribution is 5.96. The number of amides is 2. The molecule has 0 unspecified atom stereocenters. The van der Waals surface area contributed by atoms with Gasteiger partial charge in [-0.25, -0.2) is 0 Å². The molecule has 5 heteroatoms. The molecular formula is C20H24N2O3. The van der Waals surface area contributed by atoms with Gasteiger partial charge < -0.3 is 15.4 Å². The molecule has 0 radical (unpaired) electrons. The third-order valence-corrected chi connectivity index (χ3v) is 3.90. The molecule has 5 nitrogen and oxygen atoms in total. The minimum absolute atomic E-state index is 0.0693. The van der Waals surface area contributed by atoms with Crippen molar-refractivity contribution in [2.24, 2.45) is 0 Å². The number of ether oxygens (including phenoxy) is 1. The van der Waals surface area contributed by atoms with E-state index in [0.29, 0.717) is 18.0 Å². The molecule has 2 N–H and O–H groups in total. The van der Waals surface area contributed by atoms with Gasteiger partial charge in [0.1, 0.15) is 5.75 Å². The summed E-state index contributed by atoms with van der Waals surface area (Å²) >= 11 is 0. The first kappa shape index (κ1) is 18.5. The molecule has 0 saturated carbocycles. The lowest BCUT2D eigenvalue weighted by molar-refractivity contribution is -0.120. The molecule has 0 aliphatic carbocycles. The summed E-state index contributed by atoms with van der Waals surface area (Å²) in [4.78, 5) is 23.9. The smallest absolute Gasteiger partial charge is 0.251 e. The maximum Gasteiger partial charge on any atom is 0.251 e. The van der Waals surface area contributed by atoms with E-state index in [2.05, 4.69) is 24.5 Å². The van der Waals surface area contributed by atoms with Gasteiger partial charge in [-0.05, 0) is 29.7 Å². The second-order valence-electron chi connectivity index (χ2n) is 6.05.